The van der Waals surface area contributed by atoms with E-state index in [4.69, 9.17) is 0 Å². The number of rotatable bonds is 24. The third-order valence-corrected chi connectivity index (χ3v) is 8.90. The van der Waals surface area contributed by atoms with E-state index in [2.05, 4.69) is 26.6 Å². The second kappa shape index (κ2) is 24.4. The molecule has 1 rings (SSSR count). The molecule has 6 amide bonds. The van der Waals surface area contributed by atoms with Gasteiger partial charge in [0.15, 0.2) is 0 Å². The van der Waals surface area contributed by atoms with Crippen molar-refractivity contribution in [3.8, 4) is 0 Å². The van der Waals surface area contributed by atoms with Gasteiger partial charge in [-0.05, 0) is 42.2 Å². The van der Waals surface area contributed by atoms with E-state index in [1.54, 1.807) is 65.8 Å². The summed E-state index contributed by atoms with van der Waals surface area (Å²) in [6.07, 6.45) is -6.09. The van der Waals surface area contributed by atoms with Crippen molar-refractivity contribution in [3.63, 3.8) is 0 Å². The Morgan fingerprint density at radius 1 is 0.797 bits per heavy atom. The van der Waals surface area contributed by atoms with E-state index >= 15 is 0 Å². The number of aldehydes is 1. The first-order valence-electron chi connectivity index (χ1n) is 19.2. The summed E-state index contributed by atoms with van der Waals surface area (Å²) in [6.45, 7) is 11.8. The van der Waals surface area contributed by atoms with Gasteiger partial charge in [-0.25, -0.2) is 4.79 Å². The number of carbonyl (C=O) groups is 8. The van der Waals surface area contributed by atoms with Crippen LogP contribution in [0.25, 0.3) is 0 Å². The van der Waals surface area contributed by atoms with Crippen LogP contribution >= 0.6 is 0 Å². The van der Waals surface area contributed by atoms with Crippen molar-refractivity contribution in [2.75, 3.05) is 0 Å². The van der Waals surface area contributed by atoms with Gasteiger partial charge >= 0.3 is 12.1 Å². The third-order valence-electron chi connectivity index (χ3n) is 8.90. The van der Waals surface area contributed by atoms with E-state index in [0.29, 0.717) is 18.4 Å². The molecule has 0 spiro atoms. The smallest absolute Gasteiger partial charge is 0.391 e. The Hall–Kier alpha value is -5.58. The van der Waals surface area contributed by atoms with Crippen LogP contribution in [0, 0.1) is 18.3 Å². The molecule has 1 aromatic carbocycles. The van der Waals surface area contributed by atoms with E-state index in [-0.39, 0.29) is 31.5 Å². The molecule has 59 heavy (non-hydrogen) atoms. The Morgan fingerprint density at radius 2 is 1.36 bits per heavy atom. The first-order valence-corrected chi connectivity index (χ1v) is 19.2. The van der Waals surface area contributed by atoms with Crippen LogP contribution in [0.15, 0.2) is 30.3 Å². The zero-order valence-electron chi connectivity index (χ0n) is 34.4. The molecule has 0 radical (unpaired) electrons. The lowest BCUT2D eigenvalue weighted by atomic mass is 9.85. The number of amides is 6. The molecule has 0 saturated heterocycles. The number of benzene rings is 1. The molecule has 0 aliphatic heterocycles. The van der Waals surface area contributed by atoms with E-state index in [1.165, 1.54) is 5.94 Å². The Morgan fingerprint density at radius 3 is 1.88 bits per heavy atom. The summed E-state index contributed by atoms with van der Waals surface area (Å²) in [5.74, 6) is -5.79. The number of hydrogen-bond donors (Lipinski definition) is 7. The number of carboxylic acid groups (broad SMARTS) is 1. The van der Waals surface area contributed by atoms with Gasteiger partial charge in [0.1, 0.15) is 42.4 Å². The highest BCUT2D eigenvalue weighted by molar-refractivity contribution is 5.97. The van der Waals surface area contributed by atoms with Crippen LogP contribution < -0.4 is 31.9 Å². The zero-order valence-corrected chi connectivity index (χ0v) is 34.4. The highest BCUT2D eigenvalue weighted by Gasteiger charge is 2.39. The lowest BCUT2D eigenvalue weighted by Gasteiger charge is -2.34. The fraction of sp³-hybridized carbons (Fsp3) is 0.600. The Balaban J connectivity index is 3.52. The molecule has 0 fully saturated rings. The van der Waals surface area contributed by atoms with E-state index in [9.17, 15) is 61.4 Å². The van der Waals surface area contributed by atoms with Crippen LogP contribution in [-0.2, 0) is 49.6 Å². The van der Waals surface area contributed by atoms with Crippen LogP contribution in [0.2, 0.25) is 0 Å². The van der Waals surface area contributed by atoms with Gasteiger partial charge in [0.05, 0.1) is 25.3 Å². The Kier molecular flexibility index (Phi) is 21.2. The SMILES string of the molecule is CCCC[C@@H](NC(=O)[C@H](CC(=O)O)NC(=O)CC=C=O)C(=O)N[C@@H](Cc1ccccc1C)C(=O)N[C@H](C(=O)N[C@@H](CC(C)C)C(=O)NC(C=O)CC(F)(F)F)C(C)(C)C. The normalized spacial score (nSPS) is 14.5. The summed E-state index contributed by atoms with van der Waals surface area (Å²) in [6, 6.07) is -2.10. The highest BCUT2D eigenvalue weighted by atomic mass is 19.4. The quantitative estimate of drug-likeness (QED) is 0.0591. The third kappa shape index (κ3) is 19.6. The summed E-state index contributed by atoms with van der Waals surface area (Å²) < 4.78 is 39.1. The Bertz CT molecular complexity index is 1690. The van der Waals surface area contributed by atoms with Crippen molar-refractivity contribution >= 4 is 53.6 Å². The number of nitrogens with one attached hydrogen (secondary N) is 6. The van der Waals surface area contributed by atoms with Gasteiger partial charge in [-0.2, -0.15) is 13.2 Å². The molecular formula is C40H57F3N6O10. The number of halogens is 3. The molecule has 7 N–H and O–H groups in total. The Labute approximate surface area is 341 Å². The van der Waals surface area contributed by atoms with Crippen molar-refractivity contribution in [1.29, 1.82) is 0 Å². The van der Waals surface area contributed by atoms with E-state index < -0.39 is 109 Å². The molecule has 0 aliphatic carbocycles. The molecule has 16 nitrogen and oxygen atoms in total. The molecule has 0 saturated carbocycles. The van der Waals surface area contributed by atoms with Gasteiger partial charge in [-0.15, -0.1) is 0 Å². The van der Waals surface area contributed by atoms with E-state index in [0.717, 1.165) is 11.6 Å². The molecule has 0 aromatic heterocycles. The maximum Gasteiger partial charge on any atom is 0.391 e. The number of unbranched alkanes of at least 4 members (excludes halogenated alkanes) is 1. The van der Waals surface area contributed by atoms with Gasteiger partial charge in [-0.3, -0.25) is 33.6 Å². The lowest BCUT2D eigenvalue weighted by Crippen LogP contribution is -2.62. The van der Waals surface area contributed by atoms with Crippen LogP contribution in [-0.4, -0.2) is 101 Å². The summed E-state index contributed by atoms with van der Waals surface area (Å²) >= 11 is 0. The zero-order chi connectivity index (χ0) is 45.1. The largest absolute Gasteiger partial charge is 0.481 e. The van der Waals surface area contributed by atoms with Gasteiger partial charge in [0, 0.05) is 12.5 Å². The molecular weight excluding hydrogens is 781 g/mol. The number of hydrogen-bond acceptors (Lipinski definition) is 9. The maximum absolute atomic E-state index is 14.2. The van der Waals surface area contributed by atoms with Gasteiger partial charge in [-0.1, -0.05) is 78.6 Å². The minimum absolute atomic E-state index is 0.0364. The number of alkyl halides is 3. The summed E-state index contributed by atoms with van der Waals surface area (Å²) in [4.78, 5) is 114. The standard InChI is InChI=1S/C40H57F3N6O10/c1-8-9-15-27(46-36(57)30(20-32(53)54)45-31(52)16-12-17-50)34(55)47-29(19-25-14-11-10-13-24(25)4)37(58)49-33(39(5,6)7)38(59)48-28(18-23(2)3)35(56)44-26(22-51)21-40(41,42)43/h10-14,22-23,26-30,33H,8-9,15-16,18-21H2,1-7H3,(H,44,56)(H,45,52)(H,46,57)(H,47,55)(H,48,59)(H,49,58)(H,53,54)/t26?,27-,28+,29+,30+,33-/m1/s1. The van der Waals surface area contributed by atoms with Crippen LogP contribution in [0.5, 0.6) is 0 Å². The predicted octanol–water partition coefficient (Wildman–Crippen LogP) is 2.13. The van der Waals surface area contributed by atoms with Crippen LogP contribution in [0.1, 0.15) is 97.6 Å². The van der Waals surface area contributed by atoms with E-state index in [1.807, 2.05) is 12.2 Å². The van der Waals surface area contributed by atoms with Crippen molar-refractivity contribution in [3.05, 3.63) is 41.5 Å². The fourth-order valence-electron chi connectivity index (χ4n) is 5.80. The first kappa shape index (κ1) is 51.4. The molecule has 1 unspecified atom stereocenters. The second-order valence-electron chi connectivity index (χ2n) is 15.7. The fourth-order valence-corrected chi connectivity index (χ4v) is 5.80. The predicted molar refractivity (Wildman–Crippen MR) is 209 cm³/mol. The van der Waals surface area contributed by atoms with Gasteiger partial charge in [0.25, 0.3) is 0 Å². The number of carboxylic acids is 1. The van der Waals surface area contributed by atoms with Crippen molar-refractivity contribution in [2.45, 2.75) is 142 Å². The van der Waals surface area contributed by atoms with Crippen LogP contribution in [0.4, 0.5) is 13.2 Å². The average molecular weight is 839 g/mol. The topological polar surface area (TPSA) is 246 Å². The molecule has 0 aliphatic rings. The first-order chi connectivity index (χ1) is 27.4. The van der Waals surface area contributed by atoms with Crippen molar-refractivity contribution < 1.29 is 61.4 Å². The van der Waals surface area contributed by atoms with Gasteiger partial charge in [0.2, 0.25) is 35.4 Å². The monoisotopic (exact) mass is 838 g/mol. The van der Waals surface area contributed by atoms with Crippen LogP contribution in [0.3, 0.4) is 0 Å². The summed E-state index contributed by atoms with van der Waals surface area (Å²) in [5.41, 5.74) is 0.323. The molecule has 328 valence electrons. The number of carbonyl (C=O) groups excluding carboxylic acids is 8. The molecule has 19 heteroatoms. The second-order valence-corrected chi connectivity index (χ2v) is 15.7. The average Bonchev–Trinajstić information content (AvgIpc) is 3.12. The number of aryl methyl sites for hydroxylation is 1. The summed E-state index contributed by atoms with van der Waals surface area (Å²) in [5, 5.41) is 23.9. The molecule has 0 bridgehead atoms. The molecule has 6 atom stereocenters. The van der Waals surface area contributed by atoms with Crippen molar-refractivity contribution in [2.24, 2.45) is 11.3 Å². The molecule has 0 heterocycles. The van der Waals surface area contributed by atoms with Gasteiger partial charge < -0.3 is 41.8 Å². The maximum atomic E-state index is 14.2. The number of aliphatic carboxylic acids is 1. The van der Waals surface area contributed by atoms with Crippen molar-refractivity contribution in [1.82, 2.24) is 31.9 Å². The summed E-state index contributed by atoms with van der Waals surface area (Å²) in [7, 11) is 0. The minimum Gasteiger partial charge on any atom is -0.481 e. The lowest BCUT2D eigenvalue weighted by molar-refractivity contribution is -0.147. The highest BCUT2D eigenvalue weighted by Crippen LogP contribution is 2.23. The molecule has 1 aromatic rings. The minimum atomic E-state index is -4.76.